The molecule has 0 saturated carbocycles. The quantitative estimate of drug-likeness (QED) is 0.202. The van der Waals surface area contributed by atoms with Gasteiger partial charge in [0, 0.05) is 35.9 Å². The van der Waals surface area contributed by atoms with E-state index in [2.05, 4.69) is 40.9 Å². The summed E-state index contributed by atoms with van der Waals surface area (Å²) in [5.41, 5.74) is 1.21. The number of aromatic nitrogens is 5. The monoisotopic (exact) mass is 522 g/mol. The first-order valence-corrected chi connectivity index (χ1v) is 10.7. The van der Waals surface area contributed by atoms with E-state index in [0.717, 1.165) is 0 Å². The fourth-order valence-electron chi connectivity index (χ4n) is 2.61. The number of nitrogens with zero attached hydrogens (tertiary/aromatic N) is 5. The van der Waals surface area contributed by atoms with Crippen LogP contribution in [0.1, 0.15) is 5.82 Å². The lowest BCUT2D eigenvalue weighted by Gasteiger charge is -2.11. The number of benzene rings is 2. The minimum Gasteiger partial charge on any atom is -0.478 e. The highest BCUT2D eigenvalue weighted by Crippen LogP contribution is 2.19. The average molecular weight is 522 g/mol. The summed E-state index contributed by atoms with van der Waals surface area (Å²) in [4.78, 5) is 40.4. The Kier molecular flexibility index (Phi) is 9.64. The van der Waals surface area contributed by atoms with Crippen LogP contribution in [-0.2, 0) is 16.1 Å². The van der Waals surface area contributed by atoms with Gasteiger partial charge in [0.25, 0.3) is 0 Å². The maximum atomic E-state index is 13.2. The maximum absolute atomic E-state index is 13.2. The molecule has 14 heteroatoms. The molecule has 0 unspecified atom stereocenters. The Labute approximate surface area is 214 Å². The number of anilines is 5. The van der Waals surface area contributed by atoms with Gasteiger partial charge in [-0.05, 0) is 54.6 Å². The summed E-state index contributed by atoms with van der Waals surface area (Å²) in [6.45, 7) is 0.302. The number of carbonyl (C=O) groups is 2. The minimum atomic E-state index is -1.26. The van der Waals surface area contributed by atoms with Crippen LogP contribution in [0.5, 0.6) is 0 Å². The molecule has 0 aliphatic heterocycles. The second-order valence-corrected chi connectivity index (χ2v) is 7.10. The normalized spacial score (nSPS) is 10.3. The van der Waals surface area contributed by atoms with Crippen molar-refractivity contribution in [2.75, 3.05) is 16.0 Å². The van der Waals surface area contributed by atoms with Crippen LogP contribution in [0.4, 0.5) is 38.0 Å². The molecule has 2 aromatic carbocycles. The largest absolute Gasteiger partial charge is 0.478 e. The van der Waals surface area contributed by atoms with Gasteiger partial charge in [0.2, 0.25) is 17.8 Å². The van der Waals surface area contributed by atoms with E-state index in [9.17, 15) is 18.4 Å². The first-order chi connectivity index (χ1) is 18.3. The molecular formula is C24H20F2N8O4. The highest BCUT2D eigenvalue weighted by molar-refractivity contribution is 5.89. The minimum absolute atomic E-state index is 0.234. The fraction of sp³-hybridized carbons (Fsp3) is 0.0417. The SMILES string of the molecule is Fc1ccc(Nc2nc(NCc3ncccn3)nc(Nc3ccc(F)cc3)n2)cc1.O=C(O)/C=C/C(=O)O. The molecule has 2 heterocycles. The third kappa shape index (κ3) is 9.61. The summed E-state index contributed by atoms with van der Waals surface area (Å²) in [5.74, 6) is -1.90. The van der Waals surface area contributed by atoms with Gasteiger partial charge in [0.15, 0.2) is 0 Å². The van der Waals surface area contributed by atoms with E-state index < -0.39 is 11.9 Å². The molecule has 0 aliphatic carbocycles. The molecule has 2 aromatic heterocycles. The van der Waals surface area contributed by atoms with Crippen LogP contribution in [0, 0.1) is 11.6 Å². The first kappa shape index (κ1) is 27.1. The van der Waals surface area contributed by atoms with Gasteiger partial charge in [-0.2, -0.15) is 15.0 Å². The van der Waals surface area contributed by atoms with Crippen LogP contribution in [0.25, 0.3) is 0 Å². The molecule has 0 spiro atoms. The third-order valence-electron chi connectivity index (χ3n) is 4.23. The molecule has 0 radical (unpaired) electrons. The summed E-state index contributed by atoms with van der Waals surface area (Å²) >= 11 is 0. The van der Waals surface area contributed by atoms with Gasteiger partial charge in [-0.1, -0.05) is 0 Å². The fourth-order valence-corrected chi connectivity index (χ4v) is 2.61. The number of hydrogen-bond donors (Lipinski definition) is 5. The summed E-state index contributed by atoms with van der Waals surface area (Å²) in [7, 11) is 0. The van der Waals surface area contributed by atoms with Crippen molar-refractivity contribution in [1.29, 1.82) is 0 Å². The number of hydrogen-bond acceptors (Lipinski definition) is 10. The van der Waals surface area contributed by atoms with Gasteiger partial charge in [0.05, 0.1) is 6.54 Å². The molecule has 5 N–H and O–H groups in total. The topological polar surface area (TPSA) is 175 Å². The van der Waals surface area contributed by atoms with Crippen LogP contribution in [-0.4, -0.2) is 47.1 Å². The van der Waals surface area contributed by atoms with Crippen molar-refractivity contribution in [1.82, 2.24) is 24.9 Å². The smallest absolute Gasteiger partial charge is 0.328 e. The third-order valence-corrected chi connectivity index (χ3v) is 4.23. The van der Waals surface area contributed by atoms with E-state index in [1.54, 1.807) is 42.7 Å². The van der Waals surface area contributed by atoms with Crippen molar-refractivity contribution in [3.05, 3.63) is 96.6 Å². The Morgan fingerprint density at radius 3 is 1.55 bits per heavy atom. The zero-order valence-electron chi connectivity index (χ0n) is 19.4. The average Bonchev–Trinajstić information content (AvgIpc) is 2.90. The van der Waals surface area contributed by atoms with Crippen LogP contribution < -0.4 is 16.0 Å². The van der Waals surface area contributed by atoms with E-state index in [4.69, 9.17) is 10.2 Å². The van der Waals surface area contributed by atoms with Crippen molar-refractivity contribution >= 4 is 41.2 Å². The van der Waals surface area contributed by atoms with E-state index in [1.165, 1.54) is 24.3 Å². The van der Waals surface area contributed by atoms with E-state index in [1.807, 2.05) is 0 Å². The second-order valence-electron chi connectivity index (χ2n) is 7.10. The van der Waals surface area contributed by atoms with Gasteiger partial charge in [-0.25, -0.2) is 28.3 Å². The lowest BCUT2D eigenvalue weighted by atomic mass is 10.3. The van der Waals surface area contributed by atoms with Crippen molar-refractivity contribution in [2.24, 2.45) is 0 Å². The molecule has 194 valence electrons. The highest BCUT2D eigenvalue weighted by atomic mass is 19.1. The number of nitrogens with one attached hydrogen (secondary N) is 3. The van der Waals surface area contributed by atoms with E-state index >= 15 is 0 Å². The Morgan fingerprint density at radius 1 is 0.711 bits per heavy atom. The molecule has 0 fully saturated rings. The predicted octanol–water partition coefficient (Wildman–Crippen LogP) is 3.75. The molecule has 4 aromatic rings. The molecule has 12 nitrogen and oxygen atoms in total. The first-order valence-electron chi connectivity index (χ1n) is 10.7. The molecule has 0 amide bonds. The molecule has 0 saturated heterocycles. The van der Waals surface area contributed by atoms with Crippen LogP contribution in [0.2, 0.25) is 0 Å². The molecule has 0 aliphatic rings. The van der Waals surface area contributed by atoms with Crippen LogP contribution in [0.3, 0.4) is 0 Å². The van der Waals surface area contributed by atoms with Crippen molar-refractivity contribution < 1.29 is 28.6 Å². The van der Waals surface area contributed by atoms with Gasteiger partial charge in [-0.15, -0.1) is 0 Å². The van der Waals surface area contributed by atoms with Crippen LogP contribution >= 0.6 is 0 Å². The molecule has 4 rings (SSSR count). The van der Waals surface area contributed by atoms with Gasteiger partial charge in [-0.3, -0.25) is 0 Å². The molecule has 0 atom stereocenters. The van der Waals surface area contributed by atoms with E-state index in [0.29, 0.717) is 35.9 Å². The van der Waals surface area contributed by atoms with Gasteiger partial charge >= 0.3 is 11.9 Å². The zero-order valence-corrected chi connectivity index (χ0v) is 19.4. The highest BCUT2D eigenvalue weighted by Gasteiger charge is 2.09. The molecule has 0 bridgehead atoms. The predicted molar refractivity (Wildman–Crippen MR) is 133 cm³/mol. The zero-order chi connectivity index (χ0) is 27.3. The number of rotatable bonds is 9. The Balaban J connectivity index is 0.000000436. The lowest BCUT2D eigenvalue weighted by molar-refractivity contribution is -0.134. The van der Waals surface area contributed by atoms with Gasteiger partial charge in [0.1, 0.15) is 17.5 Å². The van der Waals surface area contributed by atoms with Crippen molar-refractivity contribution in [3.63, 3.8) is 0 Å². The standard InChI is InChI=1S/C20H16F2N8.C4H4O4/c21-13-2-6-15(7-3-13)26-19-28-18(25-12-17-23-10-1-11-24-17)29-20(30-19)27-16-8-4-14(22)5-9-16;5-3(6)1-2-4(7)8/h1-11H,12H2,(H3,25,26,27,28,29,30);1-2H,(H,5,6)(H,7,8)/b;2-1+. The Bertz CT molecular complexity index is 1310. The van der Waals surface area contributed by atoms with Crippen LogP contribution in [0.15, 0.2) is 79.1 Å². The molecular weight excluding hydrogens is 502 g/mol. The number of carboxylic acid groups (broad SMARTS) is 2. The Morgan fingerprint density at radius 2 is 1.13 bits per heavy atom. The second kappa shape index (κ2) is 13.5. The molecule has 38 heavy (non-hydrogen) atoms. The van der Waals surface area contributed by atoms with Crippen molar-refractivity contribution in [3.8, 4) is 0 Å². The maximum Gasteiger partial charge on any atom is 0.328 e. The van der Waals surface area contributed by atoms with E-state index in [-0.39, 0.29) is 29.5 Å². The number of aliphatic carboxylic acids is 2. The Hall–Kier alpha value is -5.53. The summed E-state index contributed by atoms with van der Waals surface area (Å²) in [6.07, 6.45) is 4.39. The summed E-state index contributed by atoms with van der Waals surface area (Å²) in [5, 5.41) is 24.7. The van der Waals surface area contributed by atoms with Crippen molar-refractivity contribution in [2.45, 2.75) is 6.54 Å². The summed E-state index contributed by atoms with van der Waals surface area (Å²) < 4.78 is 26.3. The number of carboxylic acids is 2. The van der Waals surface area contributed by atoms with Gasteiger partial charge < -0.3 is 26.2 Å². The lowest BCUT2D eigenvalue weighted by Crippen LogP contribution is -2.11. The summed E-state index contributed by atoms with van der Waals surface area (Å²) in [6, 6.07) is 13.3. The number of halogens is 2.